The minimum atomic E-state index is -1.55. The summed E-state index contributed by atoms with van der Waals surface area (Å²) in [4.78, 5) is 4.59. The number of aromatic nitrogens is 5. The van der Waals surface area contributed by atoms with Gasteiger partial charge in [0.2, 0.25) is 11.5 Å². The summed E-state index contributed by atoms with van der Waals surface area (Å²) in [5, 5.41) is 26.5. The summed E-state index contributed by atoms with van der Waals surface area (Å²) in [6.45, 7) is 3.16. The Balaban J connectivity index is 1.69. The SMILES string of the molecule is Cc1nnc([C@](C)(O)C#Cc2cccc(-c3ccc4cnnc(N)c4n3)c2)o1. The third kappa shape index (κ3) is 3.39. The molecule has 0 spiro atoms. The maximum Gasteiger partial charge on any atom is 0.260 e. The molecule has 0 saturated carbocycles. The number of aryl methyl sites for hydroxylation is 1. The van der Waals surface area contributed by atoms with Crippen molar-refractivity contribution in [3.05, 3.63) is 59.9 Å². The van der Waals surface area contributed by atoms with E-state index in [-0.39, 0.29) is 11.7 Å². The Morgan fingerprint density at radius 1 is 1.14 bits per heavy atom. The first-order valence-corrected chi connectivity index (χ1v) is 8.47. The van der Waals surface area contributed by atoms with Crippen LogP contribution in [0.5, 0.6) is 0 Å². The van der Waals surface area contributed by atoms with Gasteiger partial charge < -0.3 is 15.3 Å². The highest BCUT2D eigenvalue weighted by Gasteiger charge is 2.27. The second kappa shape index (κ2) is 6.72. The second-order valence-corrected chi connectivity index (χ2v) is 6.39. The average molecular weight is 372 g/mol. The van der Waals surface area contributed by atoms with E-state index < -0.39 is 5.60 Å². The molecule has 3 N–H and O–H groups in total. The molecule has 0 fully saturated rings. The van der Waals surface area contributed by atoms with Crippen molar-refractivity contribution in [1.29, 1.82) is 0 Å². The van der Waals surface area contributed by atoms with E-state index in [1.807, 2.05) is 36.4 Å². The van der Waals surface area contributed by atoms with Gasteiger partial charge in [0, 0.05) is 23.4 Å². The molecule has 0 amide bonds. The maximum absolute atomic E-state index is 10.5. The molecule has 0 aliphatic carbocycles. The van der Waals surface area contributed by atoms with Crippen molar-refractivity contribution in [2.24, 2.45) is 0 Å². The summed E-state index contributed by atoms with van der Waals surface area (Å²) in [5.74, 6) is 6.42. The van der Waals surface area contributed by atoms with Gasteiger partial charge in [-0.25, -0.2) is 4.98 Å². The molecule has 0 bridgehead atoms. The molecular weight excluding hydrogens is 356 g/mol. The van der Waals surface area contributed by atoms with Crippen molar-refractivity contribution in [3.63, 3.8) is 0 Å². The first kappa shape index (κ1) is 17.6. The zero-order valence-electron chi connectivity index (χ0n) is 15.2. The molecular formula is C20H16N6O2. The zero-order chi connectivity index (χ0) is 19.7. The van der Waals surface area contributed by atoms with Crippen LogP contribution in [0.15, 0.2) is 47.0 Å². The fourth-order valence-corrected chi connectivity index (χ4v) is 2.64. The standard InChI is InChI=1S/C20H16N6O2/c1-12-24-26-19(28-12)20(2,27)9-8-13-4-3-5-14(10-13)16-7-6-15-11-22-25-18(21)17(15)23-16/h3-7,10-11,27H,1-2H3,(H2,21,25)/t20-/m1/s1. The van der Waals surface area contributed by atoms with Gasteiger partial charge in [-0.1, -0.05) is 24.0 Å². The summed E-state index contributed by atoms with van der Waals surface area (Å²) in [7, 11) is 0. The fourth-order valence-electron chi connectivity index (χ4n) is 2.64. The van der Waals surface area contributed by atoms with Crippen LogP contribution in [0.2, 0.25) is 0 Å². The first-order chi connectivity index (χ1) is 13.4. The number of hydrogen-bond acceptors (Lipinski definition) is 8. The van der Waals surface area contributed by atoms with Gasteiger partial charge >= 0.3 is 0 Å². The number of nitrogens with two attached hydrogens (primary N) is 1. The highest BCUT2D eigenvalue weighted by Crippen LogP contribution is 2.23. The molecule has 0 unspecified atom stereocenters. The van der Waals surface area contributed by atoms with E-state index >= 15 is 0 Å². The lowest BCUT2D eigenvalue weighted by molar-refractivity contribution is 0.0881. The van der Waals surface area contributed by atoms with E-state index in [0.717, 1.165) is 16.6 Å². The van der Waals surface area contributed by atoms with Crippen molar-refractivity contribution in [2.75, 3.05) is 5.73 Å². The normalized spacial score (nSPS) is 13.0. The predicted octanol–water partition coefficient (Wildman–Crippen LogP) is 2.22. The highest BCUT2D eigenvalue weighted by atomic mass is 16.4. The maximum atomic E-state index is 10.5. The van der Waals surface area contributed by atoms with Gasteiger partial charge in [-0.15, -0.1) is 15.3 Å². The number of pyridine rings is 1. The van der Waals surface area contributed by atoms with Crippen LogP contribution < -0.4 is 5.73 Å². The van der Waals surface area contributed by atoms with E-state index in [2.05, 4.69) is 37.2 Å². The van der Waals surface area contributed by atoms with Crippen molar-refractivity contribution in [2.45, 2.75) is 19.4 Å². The van der Waals surface area contributed by atoms with Crippen molar-refractivity contribution >= 4 is 16.7 Å². The van der Waals surface area contributed by atoms with Crippen LogP contribution in [0.25, 0.3) is 22.2 Å². The Morgan fingerprint density at radius 3 is 2.79 bits per heavy atom. The minimum absolute atomic E-state index is 0.0569. The molecule has 4 aromatic rings. The largest absolute Gasteiger partial charge is 0.421 e. The summed E-state index contributed by atoms with van der Waals surface area (Å²) < 4.78 is 5.27. The zero-order valence-corrected chi connectivity index (χ0v) is 15.2. The van der Waals surface area contributed by atoms with E-state index in [0.29, 0.717) is 17.0 Å². The van der Waals surface area contributed by atoms with Crippen LogP contribution in [0, 0.1) is 18.8 Å². The molecule has 138 valence electrons. The van der Waals surface area contributed by atoms with E-state index in [4.69, 9.17) is 10.2 Å². The number of nitrogens with zero attached hydrogens (tertiary/aromatic N) is 5. The number of nitrogen functional groups attached to an aromatic ring is 1. The van der Waals surface area contributed by atoms with Crippen LogP contribution >= 0.6 is 0 Å². The molecule has 1 aromatic carbocycles. The third-order valence-corrected chi connectivity index (χ3v) is 4.08. The molecule has 0 aliphatic rings. The molecule has 0 aliphatic heterocycles. The van der Waals surface area contributed by atoms with Gasteiger partial charge in [-0.3, -0.25) is 0 Å². The van der Waals surface area contributed by atoms with Gasteiger partial charge in [0.15, 0.2) is 5.82 Å². The lowest BCUT2D eigenvalue weighted by atomic mass is 10.0. The Bertz CT molecular complexity index is 1240. The van der Waals surface area contributed by atoms with Gasteiger partial charge in [-0.05, 0) is 31.2 Å². The topological polar surface area (TPSA) is 124 Å². The highest BCUT2D eigenvalue weighted by molar-refractivity contribution is 5.88. The number of benzene rings is 1. The molecule has 0 radical (unpaired) electrons. The molecule has 1 atom stereocenters. The van der Waals surface area contributed by atoms with Gasteiger partial charge in [-0.2, -0.15) is 5.10 Å². The van der Waals surface area contributed by atoms with E-state index in [1.165, 1.54) is 6.92 Å². The summed E-state index contributed by atoms with van der Waals surface area (Å²) in [5.41, 5.74) is 7.22. The molecule has 28 heavy (non-hydrogen) atoms. The lowest BCUT2D eigenvalue weighted by Crippen LogP contribution is -2.19. The molecule has 0 saturated heterocycles. The Hall–Kier alpha value is -3.83. The molecule has 8 nitrogen and oxygen atoms in total. The van der Waals surface area contributed by atoms with E-state index in [1.54, 1.807) is 13.1 Å². The number of aliphatic hydroxyl groups is 1. The van der Waals surface area contributed by atoms with Gasteiger partial charge in [0.1, 0.15) is 5.52 Å². The number of hydrogen-bond donors (Lipinski definition) is 2. The predicted molar refractivity (Wildman–Crippen MR) is 103 cm³/mol. The monoisotopic (exact) mass is 372 g/mol. The minimum Gasteiger partial charge on any atom is -0.421 e. The second-order valence-electron chi connectivity index (χ2n) is 6.39. The van der Waals surface area contributed by atoms with Crippen molar-refractivity contribution in [1.82, 2.24) is 25.4 Å². The molecule has 3 heterocycles. The van der Waals surface area contributed by atoms with Crippen LogP contribution in [-0.2, 0) is 5.60 Å². The number of anilines is 1. The van der Waals surface area contributed by atoms with Gasteiger partial charge in [0.25, 0.3) is 5.89 Å². The van der Waals surface area contributed by atoms with E-state index in [9.17, 15) is 5.11 Å². The smallest absolute Gasteiger partial charge is 0.260 e. The molecule has 4 rings (SSSR count). The summed E-state index contributed by atoms with van der Waals surface area (Å²) in [6.07, 6.45) is 1.62. The van der Waals surface area contributed by atoms with Crippen LogP contribution in [0.4, 0.5) is 5.82 Å². The van der Waals surface area contributed by atoms with Crippen molar-refractivity contribution < 1.29 is 9.52 Å². The Morgan fingerprint density at radius 2 is 2.00 bits per heavy atom. The molecule has 3 aromatic heterocycles. The van der Waals surface area contributed by atoms with Crippen LogP contribution in [0.3, 0.4) is 0 Å². The Kier molecular flexibility index (Phi) is 4.22. The number of fused-ring (bicyclic) bond motifs is 1. The van der Waals surface area contributed by atoms with Crippen LogP contribution in [-0.4, -0.2) is 30.5 Å². The average Bonchev–Trinajstić information content (AvgIpc) is 3.14. The molecule has 8 heteroatoms. The van der Waals surface area contributed by atoms with Crippen molar-refractivity contribution in [3.8, 4) is 23.1 Å². The third-order valence-electron chi connectivity index (χ3n) is 4.08. The quantitative estimate of drug-likeness (QED) is 0.513. The number of rotatable bonds is 2. The Labute approximate surface area is 160 Å². The van der Waals surface area contributed by atoms with Gasteiger partial charge in [0.05, 0.1) is 11.9 Å². The summed E-state index contributed by atoms with van der Waals surface area (Å²) >= 11 is 0. The first-order valence-electron chi connectivity index (χ1n) is 8.47. The summed E-state index contributed by atoms with van der Waals surface area (Å²) in [6, 6.07) is 11.3. The fraction of sp³-hybridized carbons (Fsp3) is 0.150. The van der Waals surface area contributed by atoms with Crippen LogP contribution in [0.1, 0.15) is 24.3 Å². The lowest BCUT2D eigenvalue weighted by Gasteiger charge is -2.10.